The van der Waals surface area contributed by atoms with Gasteiger partial charge in [0.15, 0.2) is 0 Å². The summed E-state index contributed by atoms with van der Waals surface area (Å²) in [4.78, 5) is 14.6. The summed E-state index contributed by atoms with van der Waals surface area (Å²) in [5.74, 6) is -2.56. The van der Waals surface area contributed by atoms with Crippen LogP contribution in [0.4, 0.5) is 8.78 Å². The molecule has 2 unspecified atom stereocenters. The van der Waals surface area contributed by atoms with Gasteiger partial charge in [0, 0.05) is 66.8 Å². The number of hydrogen-bond donors (Lipinski definition) is 0. The van der Waals surface area contributed by atoms with E-state index in [2.05, 4.69) is 26.0 Å². The van der Waals surface area contributed by atoms with E-state index in [4.69, 9.17) is 0 Å². The van der Waals surface area contributed by atoms with Crippen LogP contribution in [-0.2, 0) is 4.79 Å². The fourth-order valence-corrected chi connectivity index (χ4v) is 4.62. The molecule has 1 amide bonds. The highest BCUT2D eigenvalue weighted by atomic mass is 127. The molecule has 3 aliphatic rings. The Bertz CT molecular complexity index is 356. The van der Waals surface area contributed by atoms with Gasteiger partial charge in [-0.2, -0.15) is 0 Å². The monoisotopic (exact) mass is 384 g/mol. The number of amides is 1. The minimum Gasteiger partial charge on any atom is -0.334 e. The minimum atomic E-state index is -2.54. The Morgan fingerprint density at radius 1 is 1.05 bits per heavy atom. The first kappa shape index (κ1) is 14.0. The summed E-state index contributed by atoms with van der Waals surface area (Å²) in [6, 6.07) is 0.621. The third kappa shape index (κ3) is 2.75. The van der Waals surface area contributed by atoms with Crippen molar-refractivity contribution in [2.24, 2.45) is 5.92 Å². The van der Waals surface area contributed by atoms with Crippen molar-refractivity contribution >= 4 is 28.8 Å². The number of fused-ring (bicyclic) bond motifs is 2. The predicted octanol–water partition coefficient (Wildman–Crippen LogP) is 2.84. The van der Waals surface area contributed by atoms with E-state index in [-0.39, 0.29) is 24.7 Å². The average Bonchev–Trinajstić information content (AvgIpc) is 2.61. The van der Waals surface area contributed by atoms with Gasteiger partial charge in [-0.25, -0.2) is 11.9 Å². The Morgan fingerprint density at radius 2 is 1.58 bits per heavy atom. The number of piperazine rings is 1. The second-order valence-corrected chi connectivity index (χ2v) is 7.45. The lowest BCUT2D eigenvalue weighted by Crippen LogP contribution is -2.55. The molecule has 2 bridgehead atoms. The summed E-state index contributed by atoms with van der Waals surface area (Å²) in [7, 11) is 0. The van der Waals surface area contributed by atoms with Gasteiger partial charge >= 0.3 is 0 Å². The van der Waals surface area contributed by atoms with Gasteiger partial charge in [-0.05, 0) is 25.7 Å². The molecule has 2 saturated heterocycles. The average molecular weight is 384 g/mol. The van der Waals surface area contributed by atoms with Crippen LogP contribution >= 0.6 is 22.9 Å². The highest BCUT2D eigenvalue weighted by molar-refractivity contribution is 14.1. The second-order valence-electron chi connectivity index (χ2n) is 6.09. The standard InChI is InChI=1S/C13H19F2IN2O/c14-13(15)5-3-9(4-6-13)12(19)18-10-1-2-11(18)8-17(16)7-10/h9-11H,1-8H2. The molecule has 0 N–H and O–H groups in total. The molecule has 3 rings (SSSR count). The molecule has 3 fully saturated rings. The molecule has 0 aromatic rings. The maximum absolute atomic E-state index is 13.2. The van der Waals surface area contributed by atoms with Crippen LogP contribution in [0.3, 0.4) is 0 Å². The summed E-state index contributed by atoms with van der Waals surface area (Å²) in [6.45, 7) is 1.84. The van der Waals surface area contributed by atoms with Crippen molar-refractivity contribution in [1.82, 2.24) is 8.01 Å². The molecule has 19 heavy (non-hydrogen) atoms. The summed E-state index contributed by atoms with van der Waals surface area (Å²) in [5, 5.41) is 0. The molecule has 0 radical (unpaired) electrons. The largest absolute Gasteiger partial charge is 0.334 e. The minimum absolute atomic E-state index is 0.120. The lowest BCUT2D eigenvalue weighted by atomic mass is 9.85. The Balaban J connectivity index is 1.65. The fraction of sp³-hybridized carbons (Fsp3) is 0.923. The topological polar surface area (TPSA) is 23.6 Å². The first-order valence-electron chi connectivity index (χ1n) is 7.07. The first-order valence-corrected chi connectivity index (χ1v) is 8.03. The van der Waals surface area contributed by atoms with Crippen molar-refractivity contribution in [3.8, 4) is 0 Å². The molecule has 6 heteroatoms. The summed E-state index contributed by atoms with van der Waals surface area (Å²) < 4.78 is 28.6. The number of hydrogen-bond acceptors (Lipinski definition) is 2. The normalized spacial score (nSPS) is 35.6. The van der Waals surface area contributed by atoms with Crippen LogP contribution in [0.25, 0.3) is 0 Å². The van der Waals surface area contributed by atoms with Gasteiger partial charge in [0.25, 0.3) is 0 Å². The SMILES string of the molecule is O=C(C1CCC(F)(F)CC1)N1C2CCC1CN(I)C2. The molecule has 2 aliphatic heterocycles. The smallest absolute Gasteiger partial charge is 0.248 e. The van der Waals surface area contributed by atoms with Gasteiger partial charge in [0.1, 0.15) is 0 Å². The van der Waals surface area contributed by atoms with Gasteiger partial charge < -0.3 is 4.90 Å². The zero-order chi connectivity index (χ0) is 13.6. The van der Waals surface area contributed by atoms with E-state index in [1.165, 1.54) is 0 Å². The van der Waals surface area contributed by atoms with Gasteiger partial charge in [0.05, 0.1) is 0 Å². The molecule has 108 valence electrons. The van der Waals surface area contributed by atoms with Gasteiger partial charge in [-0.1, -0.05) is 0 Å². The maximum atomic E-state index is 13.2. The first-order chi connectivity index (χ1) is 8.96. The molecular formula is C13H19F2IN2O. The van der Waals surface area contributed by atoms with Crippen LogP contribution in [0, 0.1) is 5.92 Å². The van der Waals surface area contributed by atoms with Crippen molar-refractivity contribution < 1.29 is 13.6 Å². The molecule has 0 spiro atoms. The summed E-state index contributed by atoms with van der Waals surface area (Å²) in [6.07, 6.45) is 2.61. The zero-order valence-corrected chi connectivity index (χ0v) is 13.0. The highest BCUT2D eigenvalue weighted by Gasteiger charge is 2.46. The molecule has 2 atom stereocenters. The number of alkyl halides is 2. The van der Waals surface area contributed by atoms with E-state index in [1.807, 2.05) is 4.90 Å². The number of nitrogens with zero attached hydrogens (tertiary/aromatic N) is 2. The Morgan fingerprint density at radius 3 is 2.11 bits per heavy atom. The van der Waals surface area contributed by atoms with Crippen LogP contribution in [-0.4, -0.2) is 45.0 Å². The van der Waals surface area contributed by atoms with E-state index in [0.717, 1.165) is 25.9 Å². The Labute approximate surface area is 126 Å². The van der Waals surface area contributed by atoms with Crippen molar-refractivity contribution in [2.45, 2.75) is 56.5 Å². The Kier molecular flexibility index (Phi) is 3.75. The van der Waals surface area contributed by atoms with Crippen molar-refractivity contribution in [3.63, 3.8) is 0 Å². The van der Waals surface area contributed by atoms with Crippen LogP contribution < -0.4 is 0 Å². The second kappa shape index (κ2) is 5.09. The summed E-state index contributed by atoms with van der Waals surface area (Å²) >= 11 is 2.32. The van der Waals surface area contributed by atoms with E-state index in [9.17, 15) is 13.6 Å². The lowest BCUT2D eigenvalue weighted by Gasteiger charge is -2.41. The molecule has 0 aromatic carbocycles. The molecule has 1 aliphatic carbocycles. The van der Waals surface area contributed by atoms with Crippen LogP contribution in [0.1, 0.15) is 38.5 Å². The van der Waals surface area contributed by atoms with E-state index in [1.54, 1.807) is 0 Å². The van der Waals surface area contributed by atoms with Crippen molar-refractivity contribution in [3.05, 3.63) is 0 Å². The highest BCUT2D eigenvalue weighted by Crippen LogP contribution is 2.39. The van der Waals surface area contributed by atoms with Crippen LogP contribution in [0.2, 0.25) is 0 Å². The number of carbonyl (C=O) groups is 1. The third-order valence-corrected chi connectivity index (χ3v) is 5.55. The summed E-state index contributed by atoms with van der Waals surface area (Å²) in [5.41, 5.74) is 0. The van der Waals surface area contributed by atoms with Gasteiger partial charge in [-0.3, -0.25) is 4.79 Å². The number of halogens is 3. The van der Waals surface area contributed by atoms with Crippen molar-refractivity contribution in [2.75, 3.05) is 13.1 Å². The zero-order valence-electron chi connectivity index (χ0n) is 10.8. The molecule has 0 aromatic heterocycles. The third-order valence-electron chi connectivity index (χ3n) is 4.76. The number of rotatable bonds is 1. The molecule has 2 heterocycles. The van der Waals surface area contributed by atoms with Crippen LogP contribution in [0.15, 0.2) is 0 Å². The number of carbonyl (C=O) groups excluding carboxylic acids is 1. The molecule has 3 nitrogen and oxygen atoms in total. The van der Waals surface area contributed by atoms with E-state index < -0.39 is 5.92 Å². The van der Waals surface area contributed by atoms with Crippen molar-refractivity contribution in [1.29, 1.82) is 0 Å². The van der Waals surface area contributed by atoms with E-state index >= 15 is 0 Å². The Hall–Kier alpha value is 0.0200. The molecular weight excluding hydrogens is 365 g/mol. The lowest BCUT2D eigenvalue weighted by molar-refractivity contribution is -0.144. The van der Waals surface area contributed by atoms with E-state index in [0.29, 0.717) is 24.9 Å². The van der Waals surface area contributed by atoms with Crippen LogP contribution in [0.5, 0.6) is 0 Å². The predicted molar refractivity (Wildman–Crippen MR) is 76.2 cm³/mol. The van der Waals surface area contributed by atoms with Gasteiger partial charge in [0.2, 0.25) is 11.8 Å². The fourth-order valence-electron chi connectivity index (χ4n) is 3.71. The maximum Gasteiger partial charge on any atom is 0.248 e. The van der Waals surface area contributed by atoms with Gasteiger partial charge in [-0.15, -0.1) is 0 Å². The quantitative estimate of drug-likeness (QED) is 0.513. The molecule has 1 saturated carbocycles.